The fourth-order valence-corrected chi connectivity index (χ4v) is 8.06. The van der Waals surface area contributed by atoms with Crippen molar-refractivity contribution in [3.63, 3.8) is 0 Å². The van der Waals surface area contributed by atoms with E-state index in [1.165, 1.54) is 54.7 Å². The van der Waals surface area contributed by atoms with Gasteiger partial charge in [0.1, 0.15) is 0 Å². The summed E-state index contributed by atoms with van der Waals surface area (Å²) in [4.78, 5) is 5.07. The standard InChI is InChI=1S/C48H31N5/c1-2-11-36(12-3-1)52-45-19-9-6-15-41(45)42-31-35(26-29-46(42)52)32-20-22-33(23-21-32)38-16-10-30-51-48(38)49-47(50-51)34-24-27-37(28-25-34)53-43-17-7-4-13-39(43)40-14-5-8-18-44(40)53/h1-31H. The number of nitrogens with zero attached hydrogens (tertiary/aromatic N) is 5. The van der Waals surface area contributed by atoms with Crippen molar-refractivity contribution >= 4 is 49.3 Å². The Balaban J connectivity index is 0.930. The molecule has 0 aliphatic carbocycles. The highest BCUT2D eigenvalue weighted by Crippen LogP contribution is 2.36. The van der Waals surface area contributed by atoms with Crippen molar-refractivity contribution in [1.29, 1.82) is 0 Å². The molecule has 53 heavy (non-hydrogen) atoms. The molecule has 0 unspecified atom stereocenters. The quantitative estimate of drug-likeness (QED) is 0.182. The van der Waals surface area contributed by atoms with Gasteiger partial charge < -0.3 is 9.13 Å². The summed E-state index contributed by atoms with van der Waals surface area (Å²) < 4.78 is 6.56. The van der Waals surface area contributed by atoms with Gasteiger partial charge in [0.25, 0.3) is 0 Å². The Morgan fingerprint density at radius 1 is 0.358 bits per heavy atom. The van der Waals surface area contributed by atoms with Gasteiger partial charge in [-0.3, -0.25) is 0 Å². The summed E-state index contributed by atoms with van der Waals surface area (Å²) >= 11 is 0. The van der Waals surface area contributed by atoms with E-state index >= 15 is 0 Å². The van der Waals surface area contributed by atoms with Gasteiger partial charge in [-0.25, -0.2) is 9.50 Å². The van der Waals surface area contributed by atoms with E-state index in [1.54, 1.807) is 0 Å². The largest absolute Gasteiger partial charge is 0.309 e. The number of para-hydroxylation sites is 4. The van der Waals surface area contributed by atoms with Crippen molar-refractivity contribution in [2.24, 2.45) is 0 Å². The lowest BCUT2D eigenvalue weighted by Crippen LogP contribution is -1.93. The number of hydrogen-bond acceptors (Lipinski definition) is 2. The molecule has 7 aromatic carbocycles. The van der Waals surface area contributed by atoms with E-state index in [0.29, 0.717) is 5.82 Å². The molecule has 0 saturated heterocycles. The van der Waals surface area contributed by atoms with Crippen LogP contribution in [0.3, 0.4) is 0 Å². The number of fused-ring (bicyclic) bond motifs is 7. The molecule has 248 valence electrons. The lowest BCUT2D eigenvalue weighted by Gasteiger charge is -2.09. The molecule has 0 saturated carbocycles. The molecule has 5 nitrogen and oxygen atoms in total. The summed E-state index contributed by atoms with van der Waals surface area (Å²) in [5.74, 6) is 0.700. The monoisotopic (exact) mass is 677 g/mol. The van der Waals surface area contributed by atoms with Crippen LogP contribution in [0.2, 0.25) is 0 Å². The van der Waals surface area contributed by atoms with E-state index in [0.717, 1.165) is 33.7 Å². The van der Waals surface area contributed by atoms with E-state index in [4.69, 9.17) is 10.1 Å². The average molecular weight is 678 g/mol. The molecule has 0 fully saturated rings. The summed E-state index contributed by atoms with van der Waals surface area (Å²) in [5.41, 5.74) is 13.4. The summed E-state index contributed by atoms with van der Waals surface area (Å²) in [6, 6.07) is 64.8. The van der Waals surface area contributed by atoms with Crippen LogP contribution in [0.25, 0.3) is 94.3 Å². The number of benzene rings is 7. The minimum atomic E-state index is 0.700. The first kappa shape index (κ1) is 29.5. The Morgan fingerprint density at radius 2 is 0.868 bits per heavy atom. The average Bonchev–Trinajstić information content (AvgIpc) is 3.92. The van der Waals surface area contributed by atoms with Crippen LogP contribution >= 0.6 is 0 Å². The summed E-state index contributed by atoms with van der Waals surface area (Å²) in [6.07, 6.45) is 1.97. The minimum Gasteiger partial charge on any atom is -0.309 e. The van der Waals surface area contributed by atoms with Gasteiger partial charge >= 0.3 is 0 Å². The molecule has 0 bridgehead atoms. The van der Waals surface area contributed by atoms with Crippen LogP contribution in [-0.2, 0) is 0 Å². The van der Waals surface area contributed by atoms with Crippen molar-refractivity contribution < 1.29 is 0 Å². The molecule has 11 aromatic rings. The number of aromatic nitrogens is 5. The molecule has 0 aliphatic rings. The highest BCUT2D eigenvalue weighted by Gasteiger charge is 2.16. The van der Waals surface area contributed by atoms with Crippen LogP contribution in [0.4, 0.5) is 0 Å². The number of rotatable bonds is 5. The van der Waals surface area contributed by atoms with Gasteiger partial charge in [-0.05, 0) is 95.6 Å². The fraction of sp³-hybridized carbons (Fsp3) is 0. The Bertz CT molecular complexity index is 3090. The maximum absolute atomic E-state index is 5.07. The van der Waals surface area contributed by atoms with Crippen LogP contribution in [0.5, 0.6) is 0 Å². The SMILES string of the molecule is c1ccc(-n2c3ccccc3c3cc(-c4ccc(-c5cccn6nc(-c7ccc(-n8c9ccccc9c9ccccc98)cc7)nc56)cc4)ccc32)cc1. The zero-order valence-electron chi connectivity index (χ0n) is 28.6. The van der Waals surface area contributed by atoms with Gasteiger partial charge in [-0.2, -0.15) is 0 Å². The molecule has 0 radical (unpaired) electrons. The normalized spacial score (nSPS) is 11.8. The highest BCUT2D eigenvalue weighted by molar-refractivity contribution is 6.11. The first-order chi connectivity index (χ1) is 26.3. The molecule has 0 spiro atoms. The topological polar surface area (TPSA) is 40.0 Å². The van der Waals surface area contributed by atoms with E-state index in [-0.39, 0.29) is 0 Å². The second-order valence-corrected chi connectivity index (χ2v) is 13.5. The van der Waals surface area contributed by atoms with E-state index in [9.17, 15) is 0 Å². The molecule has 4 aromatic heterocycles. The van der Waals surface area contributed by atoms with E-state index in [1.807, 2.05) is 16.8 Å². The smallest absolute Gasteiger partial charge is 0.182 e. The third kappa shape index (κ3) is 4.64. The fourth-order valence-electron chi connectivity index (χ4n) is 8.06. The van der Waals surface area contributed by atoms with Crippen LogP contribution in [-0.4, -0.2) is 23.7 Å². The molecular weight excluding hydrogens is 647 g/mol. The molecule has 0 aliphatic heterocycles. The third-order valence-corrected chi connectivity index (χ3v) is 10.5. The lowest BCUT2D eigenvalue weighted by atomic mass is 9.99. The van der Waals surface area contributed by atoms with Gasteiger partial charge in [0.15, 0.2) is 11.5 Å². The first-order valence-corrected chi connectivity index (χ1v) is 17.9. The first-order valence-electron chi connectivity index (χ1n) is 17.9. The predicted octanol–water partition coefficient (Wildman–Crippen LogP) is 11.9. The molecule has 0 atom stereocenters. The van der Waals surface area contributed by atoms with Gasteiger partial charge in [-0.15, -0.1) is 5.10 Å². The molecule has 5 heteroatoms. The molecule has 0 N–H and O–H groups in total. The zero-order chi connectivity index (χ0) is 34.9. The number of pyridine rings is 1. The van der Waals surface area contributed by atoms with Crippen LogP contribution in [0, 0.1) is 0 Å². The Morgan fingerprint density at radius 3 is 1.53 bits per heavy atom. The van der Waals surface area contributed by atoms with Gasteiger partial charge in [0.2, 0.25) is 0 Å². The van der Waals surface area contributed by atoms with E-state index in [2.05, 4.69) is 185 Å². The van der Waals surface area contributed by atoms with E-state index < -0.39 is 0 Å². The van der Waals surface area contributed by atoms with Crippen molar-refractivity contribution in [1.82, 2.24) is 23.7 Å². The van der Waals surface area contributed by atoms with Crippen molar-refractivity contribution in [2.45, 2.75) is 0 Å². The van der Waals surface area contributed by atoms with Gasteiger partial charge in [0.05, 0.1) is 22.1 Å². The summed E-state index contributed by atoms with van der Waals surface area (Å²) in [7, 11) is 0. The number of hydrogen-bond donors (Lipinski definition) is 0. The maximum atomic E-state index is 5.07. The predicted molar refractivity (Wildman–Crippen MR) is 218 cm³/mol. The molecular formula is C48H31N5. The second-order valence-electron chi connectivity index (χ2n) is 13.5. The molecule has 11 rings (SSSR count). The van der Waals surface area contributed by atoms with Crippen LogP contribution in [0.15, 0.2) is 188 Å². The van der Waals surface area contributed by atoms with Gasteiger partial charge in [0, 0.05) is 50.2 Å². The minimum absolute atomic E-state index is 0.700. The summed E-state index contributed by atoms with van der Waals surface area (Å²) in [5, 5.41) is 9.90. The molecule has 4 heterocycles. The molecule has 0 amide bonds. The summed E-state index contributed by atoms with van der Waals surface area (Å²) in [6.45, 7) is 0. The zero-order valence-corrected chi connectivity index (χ0v) is 28.6. The van der Waals surface area contributed by atoms with Gasteiger partial charge in [-0.1, -0.05) is 103 Å². The lowest BCUT2D eigenvalue weighted by molar-refractivity contribution is 0.966. The van der Waals surface area contributed by atoms with Crippen molar-refractivity contribution in [2.75, 3.05) is 0 Å². The third-order valence-electron chi connectivity index (χ3n) is 10.5. The van der Waals surface area contributed by atoms with Crippen molar-refractivity contribution in [3.05, 3.63) is 188 Å². The highest BCUT2D eigenvalue weighted by atomic mass is 15.3. The Kier molecular flexibility index (Phi) is 6.48. The second kappa shape index (κ2) is 11.7. The van der Waals surface area contributed by atoms with Crippen molar-refractivity contribution in [3.8, 4) is 45.0 Å². The maximum Gasteiger partial charge on any atom is 0.182 e. The Labute approximate surface area is 305 Å². The van der Waals surface area contributed by atoms with Crippen LogP contribution < -0.4 is 0 Å². The Hall–Kier alpha value is -7.24. The van der Waals surface area contributed by atoms with Crippen LogP contribution in [0.1, 0.15) is 0 Å².